The second kappa shape index (κ2) is 5.34. The molecule has 1 aromatic carbocycles. The van der Waals surface area contributed by atoms with Gasteiger partial charge in [-0.05, 0) is 12.1 Å². The van der Waals surface area contributed by atoms with E-state index in [0.29, 0.717) is 18.5 Å². The van der Waals surface area contributed by atoms with Crippen LogP contribution in [-0.4, -0.2) is 55.1 Å². The van der Waals surface area contributed by atoms with Crippen LogP contribution in [0.5, 0.6) is 0 Å². The van der Waals surface area contributed by atoms with Gasteiger partial charge in [0.1, 0.15) is 0 Å². The summed E-state index contributed by atoms with van der Waals surface area (Å²) in [5, 5.41) is 14.3. The first-order valence-electron chi connectivity index (χ1n) is 6.71. The Morgan fingerprint density at radius 3 is 2.86 bits per heavy atom. The van der Waals surface area contributed by atoms with Gasteiger partial charge in [0.2, 0.25) is 10.0 Å². The van der Waals surface area contributed by atoms with Crippen molar-refractivity contribution in [3.8, 4) is 0 Å². The van der Waals surface area contributed by atoms with Gasteiger partial charge in [-0.25, -0.2) is 8.42 Å². The maximum Gasteiger partial charge on any atom is 0.243 e. The maximum absolute atomic E-state index is 12.8. The molecule has 2 aromatic rings. The van der Waals surface area contributed by atoms with Crippen LogP contribution in [0.2, 0.25) is 0 Å². The fraction of sp³-hybridized carbons (Fsp3) is 0.357. The van der Waals surface area contributed by atoms with Gasteiger partial charge >= 0.3 is 0 Å². The third-order valence-corrected chi connectivity index (χ3v) is 5.86. The van der Waals surface area contributed by atoms with Gasteiger partial charge in [0, 0.05) is 43.3 Å². The molecule has 1 aromatic heterocycles. The van der Waals surface area contributed by atoms with Crippen LogP contribution in [-0.2, 0) is 10.0 Å². The molecule has 2 atom stereocenters. The van der Waals surface area contributed by atoms with Gasteiger partial charge in [-0.1, -0.05) is 12.1 Å². The number of nitrogens with zero attached hydrogens (tertiary/aromatic N) is 2. The van der Waals surface area contributed by atoms with Crippen LogP contribution in [0.3, 0.4) is 0 Å². The SMILES string of the molecule is CN([C@@H]1CNC[C@H]1O)S(=O)(=O)c1cccc2cnccc12. The van der Waals surface area contributed by atoms with Crippen LogP contribution in [0.25, 0.3) is 10.8 Å². The maximum atomic E-state index is 12.8. The molecule has 0 radical (unpaired) electrons. The van der Waals surface area contributed by atoms with Crippen molar-refractivity contribution in [3.63, 3.8) is 0 Å². The Labute approximate surface area is 123 Å². The molecule has 0 spiro atoms. The van der Waals surface area contributed by atoms with Crippen LogP contribution >= 0.6 is 0 Å². The number of rotatable bonds is 3. The van der Waals surface area contributed by atoms with E-state index in [0.717, 1.165) is 5.39 Å². The van der Waals surface area contributed by atoms with Crippen molar-refractivity contribution in [2.75, 3.05) is 20.1 Å². The summed E-state index contributed by atoms with van der Waals surface area (Å²) in [5.74, 6) is 0. The number of aromatic nitrogens is 1. The number of aliphatic hydroxyl groups excluding tert-OH is 1. The van der Waals surface area contributed by atoms with Gasteiger partial charge in [-0.3, -0.25) is 4.98 Å². The van der Waals surface area contributed by atoms with E-state index < -0.39 is 22.2 Å². The minimum atomic E-state index is -3.68. The Kier molecular flexibility index (Phi) is 3.66. The molecule has 0 aliphatic carbocycles. The zero-order valence-electron chi connectivity index (χ0n) is 11.6. The average molecular weight is 307 g/mol. The van der Waals surface area contributed by atoms with E-state index >= 15 is 0 Å². The third kappa shape index (κ3) is 2.42. The van der Waals surface area contributed by atoms with E-state index in [9.17, 15) is 13.5 Å². The van der Waals surface area contributed by atoms with Crippen LogP contribution < -0.4 is 5.32 Å². The number of sulfonamides is 1. The van der Waals surface area contributed by atoms with E-state index in [4.69, 9.17) is 0 Å². The molecule has 2 N–H and O–H groups in total. The summed E-state index contributed by atoms with van der Waals surface area (Å²) in [4.78, 5) is 4.25. The molecule has 0 bridgehead atoms. The summed E-state index contributed by atoms with van der Waals surface area (Å²) in [7, 11) is -2.17. The van der Waals surface area contributed by atoms with Crippen LogP contribution in [0.4, 0.5) is 0 Å². The fourth-order valence-corrected chi connectivity index (χ4v) is 4.27. The van der Waals surface area contributed by atoms with Gasteiger partial charge in [0.25, 0.3) is 0 Å². The summed E-state index contributed by atoms with van der Waals surface area (Å²) < 4.78 is 26.9. The highest BCUT2D eigenvalue weighted by Crippen LogP contribution is 2.26. The number of hydrogen-bond donors (Lipinski definition) is 2. The predicted octanol–water partition coefficient (Wildman–Crippen LogP) is 0.188. The molecule has 0 unspecified atom stereocenters. The second-order valence-electron chi connectivity index (χ2n) is 5.17. The molecule has 3 rings (SSSR count). The van der Waals surface area contributed by atoms with Gasteiger partial charge < -0.3 is 10.4 Å². The highest BCUT2D eigenvalue weighted by Gasteiger charge is 2.36. The molecule has 6 nitrogen and oxygen atoms in total. The molecule has 1 aliphatic rings. The molecular formula is C14H17N3O3S. The van der Waals surface area contributed by atoms with Crippen LogP contribution in [0.1, 0.15) is 0 Å². The number of aliphatic hydroxyl groups is 1. The van der Waals surface area contributed by atoms with E-state index in [1.165, 1.54) is 11.4 Å². The molecule has 21 heavy (non-hydrogen) atoms. The number of pyridine rings is 1. The summed E-state index contributed by atoms with van der Waals surface area (Å²) in [5.41, 5.74) is 0. The van der Waals surface area contributed by atoms with E-state index in [2.05, 4.69) is 10.3 Å². The lowest BCUT2D eigenvalue weighted by Gasteiger charge is -2.26. The minimum absolute atomic E-state index is 0.240. The number of likely N-dealkylation sites (N-methyl/N-ethyl adjacent to an activating group) is 1. The standard InChI is InChI=1S/C14H17N3O3S/c1-17(12-8-16-9-13(12)18)21(19,20)14-4-2-3-10-7-15-6-5-11(10)14/h2-7,12-13,16,18H,8-9H2,1H3/t12-,13-/m1/s1. The quantitative estimate of drug-likeness (QED) is 0.846. The minimum Gasteiger partial charge on any atom is -0.390 e. The molecule has 0 amide bonds. The van der Waals surface area contributed by atoms with Crippen molar-refractivity contribution in [2.24, 2.45) is 0 Å². The van der Waals surface area contributed by atoms with E-state index in [-0.39, 0.29) is 4.90 Å². The Balaban J connectivity index is 2.08. The number of nitrogens with one attached hydrogen (secondary N) is 1. The molecule has 1 aliphatic heterocycles. The summed E-state index contributed by atoms with van der Waals surface area (Å²) in [6.07, 6.45) is 2.52. The average Bonchev–Trinajstić information content (AvgIpc) is 2.91. The molecule has 1 fully saturated rings. The molecule has 7 heteroatoms. The monoisotopic (exact) mass is 307 g/mol. The number of benzene rings is 1. The second-order valence-corrected chi connectivity index (χ2v) is 7.13. The number of β-amino-alcohol motifs (C(OH)–C–C–N with tert-alkyl or cyclic N) is 1. The fourth-order valence-electron chi connectivity index (χ4n) is 2.67. The Bertz CT molecular complexity index is 758. The Morgan fingerprint density at radius 1 is 1.33 bits per heavy atom. The van der Waals surface area contributed by atoms with E-state index in [1.54, 1.807) is 30.6 Å². The van der Waals surface area contributed by atoms with Crippen molar-refractivity contribution >= 4 is 20.8 Å². The molecule has 2 heterocycles. The number of hydrogen-bond acceptors (Lipinski definition) is 5. The third-order valence-electron chi connectivity index (χ3n) is 3.92. The first kappa shape index (κ1) is 14.4. The van der Waals surface area contributed by atoms with Crippen molar-refractivity contribution in [3.05, 3.63) is 36.7 Å². The normalized spacial score (nSPS) is 23.0. The van der Waals surface area contributed by atoms with E-state index in [1.807, 2.05) is 6.07 Å². The van der Waals surface area contributed by atoms with Crippen LogP contribution in [0.15, 0.2) is 41.6 Å². The molecular weight excluding hydrogens is 290 g/mol. The van der Waals surface area contributed by atoms with Crippen molar-refractivity contribution < 1.29 is 13.5 Å². The lowest BCUT2D eigenvalue weighted by molar-refractivity contribution is 0.136. The van der Waals surface area contributed by atoms with Crippen molar-refractivity contribution in [2.45, 2.75) is 17.0 Å². The first-order valence-corrected chi connectivity index (χ1v) is 8.15. The highest BCUT2D eigenvalue weighted by atomic mass is 32.2. The Hall–Kier alpha value is -1.54. The van der Waals surface area contributed by atoms with Gasteiger partial charge in [0.05, 0.1) is 17.0 Å². The van der Waals surface area contributed by atoms with Gasteiger partial charge in [0.15, 0.2) is 0 Å². The zero-order chi connectivity index (χ0) is 15.0. The van der Waals surface area contributed by atoms with Crippen molar-refractivity contribution in [1.82, 2.24) is 14.6 Å². The van der Waals surface area contributed by atoms with Crippen LogP contribution in [0, 0.1) is 0 Å². The smallest absolute Gasteiger partial charge is 0.243 e. The van der Waals surface area contributed by atoms with Crippen molar-refractivity contribution in [1.29, 1.82) is 0 Å². The van der Waals surface area contributed by atoms with Gasteiger partial charge in [-0.15, -0.1) is 0 Å². The summed E-state index contributed by atoms with van der Waals surface area (Å²) in [6, 6.07) is 6.36. The Morgan fingerprint density at radius 2 is 2.14 bits per heavy atom. The lowest BCUT2D eigenvalue weighted by Crippen LogP contribution is -2.44. The molecule has 112 valence electrons. The topological polar surface area (TPSA) is 82.5 Å². The predicted molar refractivity (Wildman–Crippen MR) is 79.4 cm³/mol. The zero-order valence-corrected chi connectivity index (χ0v) is 12.4. The molecule has 0 saturated carbocycles. The lowest BCUT2D eigenvalue weighted by atomic mass is 10.2. The first-order chi connectivity index (χ1) is 10.0. The van der Waals surface area contributed by atoms with Gasteiger partial charge in [-0.2, -0.15) is 4.31 Å². The number of fused-ring (bicyclic) bond motifs is 1. The molecule has 1 saturated heterocycles. The highest BCUT2D eigenvalue weighted by molar-refractivity contribution is 7.89. The summed E-state index contributed by atoms with van der Waals surface area (Å²) in [6.45, 7) is 0.854. The summed E-state index contributed by atoms with van der Waals surface area (Å²) >= 11 is 0. The largest absolute Gasteiger partial charge is 0.390 e.